The third-order valence-corrected chi connectivity index (χ3v) is 9.15. The van der Waals surface area contributed by atoms with Gasteiger partial charge < -0.3 is 9.84 Å². The third-order valence-electron chi connectivity index (χ3n) is 9.15. The van der Waals surface area contributed by atoms with Gasteiger partial charge >= 0.3 is 5.97 Å². The van der Waals surface area contributed by atoms with E-state index in [0.717, 1.165) is 76.0 Å². The number of fused-ring (bicyclic) bond motifs is 3. The molecule has 0 bridgehead atoms. The Labute approximate surface area is 252 Å². The van der Waals surface area contributed by atoms with Crippen LogP contribution in [-0.4, -0.2) is 48.6 Å². The van der Waals surface area contributed by atoms with Gasteiger partial charge in [0.25, 0.3) is 0 Å². The molecular weight excluding hydrogens is 538 g/mol. The largest absolute Gasteiger partial charge is 0.489 e. The molecule has 0 saturated carbocycles. The monoisotopic (exact) mass is 577 g/mol. The SMILES string of the molecule is CC[C@@H]1CN(Cc2cc(C(c3ccc4c(nnn4C)c3C)C(C)(C)C(=O)O)ccc2C)Cc2cc3cccnc3cc2O1. The molecule has 5 aromatic rings. The van der Waals surface area contributed by atoms with Crippen LogP contribution < -0.4 is 4.74 Å². The van der Waals surface area contributed by atoms with Gasteiger partial charge in [-0.05, 0) is 80.1 Å². The molecule has 1 unspecified atom stereocenters. The minimum Gasteiger partial charge on any atom is -0.489 e. The molecule has 3 aromatic carbocycles. The van der Waals surface area contributed by atoms with Crippen LogP contribution in [-0.2, 0) is 24.9 Å². The van der Waals surface area contributed by atoms with E-state index < -0.39 is 11.4 Å². The van der Waals surface area contributed by atoms with Crippen molar-refractivity contribution in [2.24, 2.45) is 12.5 Å². The van der Waals surface area contributed by atoms with Gasteiger partial charge in [-0.3, -0.25) is 14.7 Å². The topological polar surface area (TPSA) is 93.4 Å². The Kier molecular flexibility index (Phi) is 7.42. The normalized spacial score (nSPS) is 16.6. The lowest BCUT2D eigenvalue weighted by Gasteiger charge is -2.33. The molecule has 8 heteroatoms. The van der Waals surface area contributed by atoms with Crippen molar-refractivity contribution in [1.82, 2.24) is 24.9 Å². The van der Waals surface area contributed by atoms with Crippen LogP contribution in [0.25, 0.3) is 21.9 Å². The lowest BCUT2D eigenvalue weighted by atomic mass is 9.69. The molecule has 0 spiro atoms. The van der Waals surface area contributed by atoms with Crippen LogP contribution in [0.1, 0.15) is 66.5 Å². The maximum Gasteiger partial charge on any atom is 0.310 e. The molecule has 0 fully saturated rings. The summed E-state index contributed by atoms with van der Waals surface area (Å²) in [6.07, 6.45) is 2.77. The molecule has 1 aliphatic rings. The van der Waals surface area contributed by atoms with Crippen molar-refractivity contribution in [1.29, 1.82) is 0 Å². The molecule has 2 atom stereocenters. The molecule has 1 N–H and O–H groups in total. The second-order valence-corrected chi connectivity index (χ2v) is 12.5. The number of carboxylic acids is 1. The molecule has 0 radical (unpaired) electrons. The fourth-order valence-corrected chi connectivity index (χ4v) is 6.48. The second-order valence-electron chi connectivity index (χ2n) is 12.5. The van der Waals surface area contributed by atoms with Crippen LogP contribution in [0.4, 0.5) is 0 Å². The number of carbonyl (C=O) groups is 1. The van der Waals surface area contributed by atoms with Gasteiger partial charge in [-0.1, -0.05) is 42.5 Å². The van der Waals surface area contributed by atoms with Crippen LogP contribution in [0, 0.1) is 19.3 Å². The summed E-state index contributed by atoms with van der Waals surface area (Å²) in [5, 5.41) is 20.1. The summed E-state index contributed by atoms with van der Waals surface area (Å²) in [6, 6.07) is 18.8. The van der Waals surface area contributed by atoms with E-state index in [4.69, 9.17) is 4.74 Å². The summed E-state index contributed by atoms with van der Waals surface area (Å²) >= 11 is 0. The Bertz CT molecular complexity index is 1840. The maximum atomic E-state index is 12.7. The Hall–Kier alpha value is -4.30. The van der Waals surface area contributed by atoms with E-state index in [-0.39, 0.29) is 12.0 Å². The average Bonchev–Trinajstić information content (AvgIpc) is 3.27. The lowest BCUT2D eigenvalue weighted by molar-refractivity contribution is -0.147. The highest BCUT2D eigenvalue weighted by Crippen LogP contribution is 2.44. The van der Waals surface area contributed by atoms with Crippen LogP contribution in [0.3, 0.4) is 0 Å². The molecule has 0 aliphatic carbocycles. The zero-order valence-electron chi connectivity index (χ0n) is 25.8. The standard InChI is InChI=1S/C35H39N5O3/c1-7-27-20-40(19-26-15-23-9-8-14-36-29(23)17-31(26)43-27)18-25-16-24(11-10-21(25)2)32(35(4,5)34(41)42)28-12-13-30-33(22(28)3)37-38-39(30)6/h8-17,27,32H,7,18-20H2,1-6H3,(H,41,42)/t27-,32?/m1/s1. The van der Waals surface area contributed by atoms with Crippen LogP contribution in [0.2, 0.25) is 0 Å². The molecule has 2 aromatic heterocycles. The molecule has 1 aliphatic heterocycles. The number of rotatable bonds is 7. The smallest absolute Gasteiger partial charge is 0.310 e. The van der Waals surface area contributed by atoms with Gasteiger partial charge in [0.2, 0.25) is 0 Å². The van der Waals surface area contributed by atoms with Gasteiger partial charge in [-0.15, -0.1) is 5.10 Å². The van der Waals surface area contributed by atoms with Gasteiger partial charge in [-0.25, -0.2) is 4.68 Å². The Morgan fingerprint density at radius 1 is 1.14 bits per heavy atom. The first kappa shape index (κ1) is 28.8. The van der Waals surface area contributed by atoms with Gasteiger partial charge in [-0.2, -0.15) is 0 Å². The lowest BCUT2D eigenvalue weighted by Crippen LogP contribution is -2.33. The molecule has 0 amide bonds. The zero-order chi connectivity index (χ0) is 30.5. The summed E-state index contributed by atoms with van der Waals surface area (Å²) in [6.45, 7) is 12.2. The number of benzene rings is 3. The van der Waals surface area contributed by atoms with Gasteiger partial charge in [0.05, 0.1) is 16.4 Å². The van der Waals surface area contributed by atoms with E-state index in [1.54, 1.807) is 4.68 Å². The average molecular weight is 578 g/mol. The number of nitrogens with zero attached hydrogens (tertiary/aromatic N) is 5. The zero-order valence-corrected chi connectivity index (χ0v) is 25.8. The molecular formula is C35H39N5O3. The van der Waals surface area contributed by atoms with Crippen LogP contribution in [0.15, 0.2) is 60.8 Å². The number of aromatic nitrogens is 4. The predicted molar refractivity (Wildman–Crippen MR) is 168 cm³/mol. The Balaban J connectivity index is 1.40. The number of pyridine rings is 1. The highest BCUT2D eigenvalue weighted by atomic mass is 16.5. The van der Waals surface area contributed by atoms with Crippen LogP contribution in [0.5, 0.6) is 5.75 Å². The van der Waals surface area contributed by atoms with E-state index in [2.05, 4.69) is 70.4 Å². The van der Waals surface area contributed by atoms with E-state index >= 15 is 0 Å². The third kappa shape index (κ3) is 5.25. The number of carboxylic acid groups (broad SMARTS) is 1. The van der Waals surface area contributed by atoms with Crippen molar-refractivity contribution in [2.45, 2.75) is 66.2 Å². The molecule has 6 rings (SSSR count). The maximum absolute atomic E-state index is 12.7. The van der Waals surface area contributed by atoms with Crippen molar-refractivity contribution >= 4 is 27.9 Å². The van der Waals surface area contributed by atoms with E-state index in [1.807, 2.05) is 52.2 Å². The summed E-state index contributed by atoms with van der Waals surface area (Å²) < 4.78 is 8.24. The van der Waals surface area contributed by atoms with Gasteiger partial charge in [0.15, 0.2) is 0 Å². The predicted octanol–water partition coefficient (Wildman–Crippen LogP) is 6.55. The van der Waals surface area contributed by atoms with Crippen molar-refractivity contribution in [3.8, 4) is 5.75 Å². The second kappa shape index (κ2) is 11.1. The Morgan fingerprint density at radius 2 is 1.95 bits per heavy atom. The van der Waals surface area contributed by atoms with Crippen molar-refractivity contribution in [3.05, 3.63) is 94.2 Å². The van der Waals surface area contributed by atoms with E-state index in [0.29, 0.717) is 0 Å². The number of aliphatic carboxylic acids is 1. The van der Waals surface area contributed by atoms with Crippen molar-refractivity contribution in [2.75, 3.05) is 6.54 Å². The van der Waals surface area contributed by atoms with Crippen molar-refractivity contribution < 1.29 is 14.6 Å². The molecule has 3 heterocycles. The number of ether oxygens (including phenoxy) is 1. The molecule has 43 heavy (non-hydrogen) atoms. The van der Waals surface area contributed by atoms with Crippen LogP contribution >= 0.6 is 0 Å². The van der Waals surface area contributed by atoms with Gasteiger partial charge in [0.1, 0.15) is 17.4 Å². The van der Waals surface area contributed by atoms with E-state index in [1.165, 1.54) is 11.1 Å². The van der Waals surface area contributed by atoms with E-state index in [9.17, 15) is 9.90 Å². The fraction of sp³-hybridized carbons (Fsp3) is 0.371. The number of aryl methyl sites for hydroxylation is 3. The summed E-state index contributed by atoms with van der Waals surface area (Å²) in [5.74, 6) is -0.317. The minimum absolute atomic E-state index is 0.0611. The highest BCUT2D eigenvalue weighted by molar-refractivity contribution is 5.82. The first-order chi connectivity index (χ1) is 20.6. The summed E-state index contributed by atoms with van der Waals surface area (Å²) in [7, 11) is 1.87. The highest BCUT2D eigenvalue weighted by Gasteiger charge is 2.40. The minimum atomic E-state index is -1.06. The fourth-order valence-electron chi connectivity index (χ4n) is 6.48. The number of hydrogen-bond donors (Lipinski definition) is 1. The summed E-state index contributed by atoms with van der Waals surface area (Å²) in [5.41, 5.74) is 8.02. The first-order valence-corrected chi connectivity index (χ1v) is 14.9. The molecule has 222 valence electrons. The molecule has 0 saturated heterocycles. The van der Waals surface area contributed by atoms with Gasteiger partial charge in [0, 0.05) is 55.8 Å². The summed E-state index contributed by atoms with van der Waals surface area (Å²) in [4.78, 5) is 19.7. The first-order valence-electron chi connectivity index (χ1n) is 14.9. The Morgan fingerprint density at radius 3 is 2.72 bits per heavy atom. The molecule has 8 nitrogen and oxygen atoms in total. The number of hydrogen-bond acceptors (Lipinski definition) is 6. The quantitative estimate of drug-likeness (QED) is 0.234. The van der Waals surface area contributed by atoms with Crippen molar-refractivity contribution in [3.63, 3.8) is 0 Å².